The van der Waals surface area contributed by atoms with Gasteiger partial charge in [-0.15, -0.1) is 0 Å². The highest BCUT2D eigenvalue weighted by Gasteiger charge is 2.63. The van der Waals surface area contributed by atoms with E-state index in [0.717, 1.165) is 39.2 Å². The van der Waals surface area contributed by atoms with Gasteiger partial charge in [-0.2, -0.15) is 0 Å². The van der Waals surface area contributed by atoms with Gasteiger partial charge in [0, 0.05) is 72.0 Å². The minimum absolute atomic E-state index is 0.0433. The van der Waals surface area contributed by atoms with Crippen molar-refractivity contribution in [2.45, 2.75) is 125 Å². The van der Waals surface area contributed by atoms with E-state index in [4.69, 9.17) is 28.8 Å². The molecule has 7 rings (SSSR count). The van der Waals surface area contributed by atoms with Crippen LogP contribution in [0, 0.1) is 0 Å². The average Bonchev–Trinajstić information content (AvgIpc) is 3.73. The Labute approximate surface area is 412 Å². The zero-order chi connectivity index (χ0) is 50.7. The molecule has 0 saturated heterocycles. The average molecular weight is 973 g/mol. The highest BCUT2D eigenvalue weighted by Crippen LogP contribution is 2.53. The van der Waals surface area contributed by atoms with Crippen molar-refractivity contribution in [2.24, 2.45) is 28.8 Å². The SMILES string of the molecule is CC1CC=Cc2c(C[C@H](NC(=O)[C@@H](CCCCN)NC(=O)C3(NC(=O)[C@@H](N)Cc4cnc[nH]4)C[C@H]3c3c[nH]c4ccccc34)C(=O)N(N)[C@H](Cc3ccccc3)C(=O)N[C@@H](CCCCN)C(N)=O)c[nH]c21. The number of nitrogens with zero attached hydrogens (tertiary/aromatic N) is 2. The topological polar surface area (TPSA) is 344 Å². The van der Waals surface area contributed by atoms with Crippen LogP contribution in [-0.4, -0.2) is 109 Å². The molecule has 17 N–H and O–H groups in total. The van der Waals surface area contributed by atoms with Crippen LogP contribution in [0.2, 0.25) is 0 Å². The molecular formula is C51H68N14O6. The van der Waals surface area contributed by atoms with Gasteiger partial charge in [0.1, 0.15) is 29.7 Å². The van der Waals surface area contributed by atoms with Gasteiger partial charge < -0.3 is 59.2 Å². The molecule has 1 saturated carbocycles. The quantitative estimate of drug-likeness (QED) is 0.0163. The molecule has 3 heterocycles. The summed E-state index contributed by atoms with van der Waals surface area (Å²) in [5.41, 5.74) is 27.8. The molecule has 20 nitrogen and oxygen atoms in total. The summed E-state index contributed by atoms with van der Waals surface area (Å²) < 4.78 is 0. The van der Waals surface area contributed by atoms with Crippen molar-refractivity contribution in [3.63, 3.8) is 0 Å². The number of primary amides is 1. The molecular weight excluding hydrogens is 905 g/mol. The second-order valence-electron chi connectivity index (χ2n) is 18.8. The summed E-state index contributed by atoms with van der Waals surface area (Å²) in [4.78, 5) is 99.2. The third-order valence-corrected chi connectivity index (χ3v) is 13.7. The Hall–Kier alpha value is -7.13. The van der Waals surface area contributed by atoms with E-state index in [2.05, 4.69) is 48.1 Å². The number of aromatic amines is 3. The molecule has 5 aromatic rings. The molecule has 0 spiro atoms. The first kappa shape index (κ1) is 51.7. The van der Waals surface area contributed by atoms with Crippen molar-refractivity contribution >= 4 is 52.4 Å². The third kappa shape index (κ3) is 12.4. The van der Waals surface area contributed by atoms with Crippen LogP contribution in [0.5, 0.6) is 0 Å². The molecule has 2 aliphatic rings. The van der Waals surface area contributed by atoms with Crippen molar-refractivity contribution in [3.05, 3.63) is 119 Å². The molecule has 3 aromatic heterocycles. The maximum absolute atomic E-state index is 15.1. The number of fused-ring (bicyclic) bond motifs is 2. The Bertz CT molecular complexity index is 2660. The molecule has 378 valence electrons. The normalized spacial score (nSPS) is 19.1. The number of unbranched alkanes of at least 4 members (excludes halogenated alkanes) is 2. The lowest BCUT2D eigenvalue weighted by Crippen LogP contribution is -2.63. The predicted molar refractivity (Wildman–Crippen MR) is 269 cm³/mol. The van der Waals surface area contributed by atoms with E-state index in [1.807, 2.05) is 48.7 Å². The molecule has 0 radical (unpaired) electrons. The summed E-state index contributed by atoms with van der Waals surface area (Å²) in [7, 11) is 0. The van der Waals surface area contributed by atoms with Crippen molar-refractivity contribution in [3.8, 4) is 0 Å². The van der Waals surface area contributed by atoms with E-state index in [9.17, 15) is 24.0 Å². The number of aromatic nitrogens is 4. The first-order valence-electron chi connectivity index (χ1n) is 24.4. The van der Waals surface area contributed by atoms with Crippen molar-refractivity contribution in [2.75, 3.05) is 13.1 Å². The monoisotopic (exact) mass is 973 g/mol. The summed E-state index contributed by atoms with van der Waals surface area (Å²) >= 11 is 0. The van der Waals surface area contributed by atoms with Crippen LogP contribution in [0.4, 0.5) is 0 Å². The molecule has 2 aliphatic carbocycles. The zero-order valence-corrected chi connectivity index (χ0v) is 40.1. The molecule has 8 atom stereocenters. The fourth-order valence-corrected chi connectivity index (χ4v) is 9.56. The summed E-state index contributed by atoms with van der Waals surface area (Å²) in [5, 5.41) is 13.2. The van der Waals surface area contributed by atoms with Crippen molar-refractivity contribution in [1.82, 2.24) is 46.2 Å². The number of imidazole rings is 1. The number of nitrogens with one attached hydrogen (secondary N) is 7. The number of H-pyrrole nitrogens is 3. The van der Waals surface area contributed by atoms with Gasteiger partial charge in [0.15, 0.2) is 0 Å². The van der Waals surface area contributed by atoms with E-state index in [1.165, 1.54) is 6.33 Å². The lowest BCUT2D eigenvalue weighted by atomic mass is 9.91. The molecule has 0 aliphatic heterocycles. The molecule has 2 aromatic carbocycles. The van der Waals surface area contributed by atoms with E-state index < -0.39 is 77.1 Å². The lowest BCUT2D eigenvalue weighted by molar-refractivity contribution is -0.144. The number of carbonyl (C=O) groups is 6. The number of rotatable bonds is 26. The first-order chi connectivity index (χ1) is 34.2. The van der Waals surface area contributed by atoms with Crippen LogP contribution in [0.3, 0.4) is 0 Å². The molecule has 20 heteroatoms. The van der Waals surface area contributed by atoms with Gasteiger partial charge in [0.25, 0.3) is 5.91 Å². The number of amides is 6. The van der Waals surface area contributed by atoms with Crippen LogP contribution in [0.1, 0.15) is 104 Å². The van der Waals surface area contributed by atoms with Crippen molar-refractivity contribution in [1.29, 1.82) is 0 Å². The number of hydrogen-bond acceptors (Lipinski definition) is 11. The van der Waals surface area contributed by atoms with E-state index >= 15 is 4.79 Å². The van der Waals surface area contributed by atoms with Crippen LogP contribution >= 0.6 is 0 Å². The fraction of sp³-hybridized carbons (Fsp3) is 0.431. The number of carbonyl (C=O) groups excluding carboxylic acids is 6. The second-order valence-corrected chi connectivity index (χ2v) is 18.8. The van der Waals surface area contributed by atoms with Crippen LogP contribution in [-0.2, 0) is 48.0 Å². The Morgan fingerprint density at radius 2 is 1.51 bits per heavy atom. The van der Waals surface area contributed by atoms with Crippen molar-refractivity contribution < 1.29 is 28.8 Å². The van der Waals surface area contributed by atoms with Gasteiger partial charge in [-0.25, -0.2) is 10.8 Å². The van der Waals surface area contributed by atoms with Gasteiger partial charge >= 0.3 is 0 Å². The smallest absolute Gasteiger partial charge is 0.260 e. The van der Waals surface area contributed by atoms with Gasteiger partial charge in [-0.1, -0.05) is 67.6 Å². The largest absolute Gasteiger partial charge is 0.368 e. The fourth-order valence-electron chi connectivity index (χ4n) is 9.56. The minimum atomic E-state index is -1.50. The third-order valence-electron chi connectivity index (χ3n) is 13.7. The Balaban J connectivity index is 1.19. The predicted octanol–water partition coefficient (Wildman–Crippen LogP) is 1.41. The van der Waals surface area contributed by atoms with Crippen LogP contribution < -0.4 is 50.0 Å². The maximum atomic E-state index is 15.1. The van der Waals surface area contributed by atoms with E-state index in [0.29, 0.717) is 55.6 Å². The maximum Gasteiger partial charge on any atom is 0.260 e. The molecule has 1 fully saturated rings. The molecule has 2 unspecified atom stereocenters. The highest BCUT2D eigenvalue weighted by atomic mass is 16.2. The highest BCUT2D eigenvalue weighted by molar-refractivity contribution is 6.01. The Morgan fingerprint density at radius 3 is 2.21 bits per heavy atom. The standard InChI is InChI=1S/C51H68N14O6/c1-30-12-11-16-34-32(26-59-44(30)34)23-42(49(70)65(56)43(22-31-13-3-2-4-14-31)48(69)61-40(45(55)66)18-7-9-20-52)62-47(68)41(19-8-10-21-53)63-50(71)51(64-46(67)38(54)24-33-27-57-29-60-33)25-37(51)36-28-58-39-17-6-5-15-35(36)39/h2-6,11,13-17,26-30,37-38,40-43,58-59H,7-10,12,18-25,52-54,56H2,1H3,(H2,55,66)(H,57,60)(H,61,69)(H,62,68)(H,63,71)(H,64,67)/t30?,37-,38-,40-,41+,42-,43+,51?/m0/s1. The van der Waals surface area contributed by atoms with E-state index in [1.54, 1.807) is 36.7 Å². The summed E-state index contributed by atoms with van der Waals surface area (Å²) in [6.07, 6.45) is 14.1. The molecule has 6 amide bonds. The summed E-state index contributed by atoms with van der Waals surface area (Å²) in [6, 6.07) is 10.5. The molecule has 71 heavy (non-hydrogen) atoms. The van der Waals surface area contributed by atoms with Gasteiger partial charge in [0.2, 0.25) is 29.5 Å². The minimum Gasteiger partial charge on any atom is -0.368 e. The summed E-state index contributed by atoms with van der Waals surface area (Å²) in [6.45, 7) is 2.79. The number of hydrogen-bond donors (Lipinski definition) is 12. The Morgan fingerprint density at radius 1 is 0.803 bits per heavy atom. The van der Waals surface area contributed by atoms with Gasteiger partial charge in [-0.05, 0) is 92.8 Å². The number of hydrazine groups is 1. The van der Waals surface area contributed by atoms with Crippen LogP contribution in [0.15, 0.2) is 85.6 Å². The zero-order valence-electron chi connectivity index (χ0n) is 40.1. The number of benzene rings is 2. The van der Waals surface area contributed by atoms with Gasteiger partial charge in [0.05, 0.1) is 12.4 Å². The van der Waals surface area contributed by atoms with Crippen LogP contribution in [0.25, 0.3) is 17.0 Å². The van der Waals surface area contributed by atoms with Gasteiger partial charge in [-0.3, -0.25) is 33.8 Å². The first-order valence-corrected chi connectivity index (χ1v) is 24.4. The number of nitrogens with two attached hydrogens (primary N) is 5. The second kappa shape index (κ2) is 23.7. The van der Waals surface area contributed by atoms with E-state index in [-0.39, 0.29) is 44.4 Å². The Kier molecular flexibility index (Phi) is 17.2. The molecule has 0 bridgehead atoms. The lowest BCUT2D eigenvalue weighted by Gasteiger charge is -2.32. The number of para-hydroxylation sites is 1. The summed E-state index contributed by atoms with van der Waals surface area (Å²) in [5.74, 6) is 2.26. The number of allylic oxidation sites excluding steroid dienone is 1.